The molecule has 2 aliphatic rings. The Hall–Kier alpha value is -3.97. The summed E-state index contributed by atoms with van der Waals surface area (Å²) in [5.74, 6) is -0.426. The van der Waals surface area contributed by atoms with Gasteiger partial charge in [-0.1, -0.05) is 60.7 Å². The number of carbonyl (C=O) groups is 3. The van der Waals surface area contributed by atoms with Gasteiger partial charge in [-0.05, 0) is 35.4 Å². The zero-order valence-corrected chi connectivity index (χ0v) is 18.3. The highest BCUT2D eigenvalue weighted by atomic mass is 16.2. The maximum Gasteiger partial charge on any atom is 0.251 e. The van der Waals surface area contributed by atoms with Crippen LogP contribution in [0.4, 0.5) is 11.4 Å². The van der Waals surface area contributed by atoms with Crippen molar-refractivity contribution in [3.05, 3.63) is 84.0 Å². The Labute approximate surface area is 192 Å². The first-order valence-corrected chi connectivity index (χ1v) is 10.8. The molecule has 0 fully saturated rings. The molecule has 2 aromatic rings. The van der Waals surface area contributed by atoms with Crippen LogP contribution in [0.1, 0.15) is 18.1 Å². The van der Waals surface area contributed by atoms with Crippen LogP contribution in [-0.4, -0.2) is 47.8 Å². The number of amides is 3. The number of carbonyl (C=O) groups excluding carboxylic acids is 3. The van der Waals surface area contributed by atoms with E-state index < -0.39 is 6.04 Å². The quantitative estimate of drug-likeness (QED) is 0.474. The molecule has 0 saturated carbocycles. The maximum atomic E-state index is 12.5. The van der Waals surface area contributed by atoms with Crippen LogP contribution in [0.3, 0.4) is 0 Å². The third-order valence-electron chi connectivity index (χ3n) is 5.52. The van der Waals surface area contributed by atoms with E-state index in [0.29, 0.717) is 18.8 Å². The van der Waals surface area contributed by atoms with Gasteiger partial charge in [0.25, 0.3) is 5.91 Å². The summed E-state index contributed by atoms with van der Waals surface area (Å²) >= 11 is 0. The van der Waals surface area contributed by atoms with Gasteiger partial charge in [-0.15, -0.1) is 0 Å². The van der Waals surface area contributed by atoms with Gasteiger partial charge >= 0.3 is 0 Å². The minimum Gasteiger partial charge on any atom is -0.324 e. The zero-order chi connectivity index (χ0) is 23.2. The normalized spacial score (nSPS) is 19.2. The van der Waals surface area contributed by atoms with E-state index in [1.165, 1.54) is 11.8 Å². The molecule has 3 N–H and O–H groups in total. The molecule has 33 heavy (non-hydrogen) atoms. The predicted octanol–water partition coefficient (Wildman–Crippen LogP) is 3.05. The van der Waals surface area contributed by atoms with Gasteiger partial charge in [0.1, 0.15) is 12.1 Å². The summed E-state index contributed by atoms with van der Waals surface area (Å²) < 4.78 is 0. The van der Waals surface area contributed by atoms with Gasteiger partial charge in [-0.2, -0.15) is 0 Å². The van der Waals surface area contributed by atoms with Gasteiger partial charge in [-0.3, -0.25) is 19.7 Å². The Balaban J connectivity index is 1.31. The molecule has 0 aromatic heterocycles. The Morgan fingerprint density at radius 3 is 1.94 bits per heavy atom. The Morgan fingerprint density at radius 2 is 1.42 bits per heavy atom. The Bertz CT molecular complexity index is 1120. The van der Waals surface area contributed by atoms with Gasteiger partial charge in [0, 0.05) is 31.4 Å². The number of nitrogens with one attached hydrogen (secondary N) is 3. The highest BCUT2D eigenvalue weighted by Crippen LogP contribution is 2.17. The van der Waals surface area contributed by atoms with Crippen LogP contribution >= 0.6 is 0 Å². The summed E-state index contributed by atoms with van der Waals surface area (Å²) in [7, 11) is 0. The molecule has 0 unspecified atom stereocenters. The lowest BCUT2D eigenvalue weighted by atomic mass is 10.1. The minimum atomic E-state index is -0.569. The lowest BCUT2D eigenvalue weighted by Gasteiger charge is -2.22. The summed E-state index contributed by atoms with van der Waals surface area (Å²) in [6, 6.07) is 14.3. The molecule has 0 saturated heterocycles. The van der Waals surface area contributed by atoms with Crippen molar-refractivity contribution in [3.63, 3.8) is 0 Å². The maximum absolute atomic E-state index is 12.5. The van der Waals surface area contributed by atoms with E-state index in [4.69, 9.17) is 0 Å². The van der Waals surface area contributed by atoms with Gasteiger partial charge in [0.15, 0.2) is 0 Å². The van der Waals surface area contributed by atoms with Crippen molar-refractivity contribution in [1.29, 1.82) is 0 Å². The second kappa shape index (κ2) is 10.1. The number of benzene rings is 2. The smallest absolute Gasteiger partial charge is 0.251 e. The fourth-order valence-electron chi connectivity index (χ4n) is 3.71. The summed E-state index contributed by atoms with van der Waals surface area (Å²) in [4.78, 5) is 37.8. The molecule has 4 rings (SSSR count). The van der Waals surface area contributed by atoms with Gasteiger partial charge < -0.3 is 15.5 Å². The van der Waals surface area contributed by atoms with Crippen molar-refractivity contribution in [2.24, 2.45) is 0 Å². The zero-order valence-electron chi connectivity index (χ0n) is 18.3. The highest BCUT2D eigenvalue weighted by molar-refractivity contribution is 5.99. The predicted molar refractivity (Wildman–Crippen MR) is 130 cm³/mol. The molecule has 2 aliphatic heterocycles. The molecule has 0 radical (unpaired) electrons. The van der Waals surface area contributed by atoms with E-state index in [1.54, 1.807) is 6.08 Å². The molecule has 0 aliphatic carbocycles. The molecule has 7 heteroatoms. The molecular formula is C26H26N4O3. The summed E-state index contributed by atoms with van der Waals surface area (Å²) in [6.07, 6.45) is 11.3. The number of rotatable bonds is 6. The van der Waals surface area contributed by atoms with Gasteiger partial charge in [0.2, 0.25) is 11.8 Å². The van der Waals surface area contributed by atoms with Crippen LogP contribution in [0.5, 0.6) is 0 Å². The van der Waals surface area contributed by atoms with Crippen LogP contribution in [-0.2, 0) is 14.4 Å². The molecule has 0 bridgehead atoms. The minimum absolute atomic E-state index is 0.0721. The van der Waals surface area contributed by atoms with Crippen LogP contribution in [0.15, 0.2) is 72.8 Å². The van der Waals surface area contributed by atoms with Gasteiger partial charge in [-0.25, -0.2) is 0 Å². The summed E-state index contributed by atoms with van der Waals surface area (Å²) in [5.41, 5.74) is 3.41. The molecule has 3 amide bonds. The van der Waals surface area contributed by atoms with E-state index in [9.17, 15) is 14.4 Å². The molecule has 2 atom stereocenters. The largest absolute Gasteiger partial charge is 0.324 e. The van der Waals surface area contributed by atoms with E-state index in [-0.39, 0.29) is 23.8 Å². The second-order valence-electron chi connectivity index (χ2n) is 7.91. The van der Waals surface area contributed by atoms with Crippen LogP contribution in [0.25, 0.3) is 12.2 Å². The highest BCUT2D eigenvalue weighted by Gasteiger charge is 2.28. The van der Waals surface area contributed by atoms with Crippen molar-refractivity contribution < 1.29 is 14.4 Å². The molecule has 2 aromatic carbocycles. The monoisotopic (exact) mass is 442 g/mol. The standard InChI is InChI=1S/C26H26N4O3/c1-18(31)30-17-3-5-24(30)26(33)29-22-14-10-20(11-15-22)7-6-19-8-12-21(13-9-19)28-25(32)23-4-2-16-27-23/h2-15,23-24,27H,16-17H2,1H3,(H,28,32)(H,29,33)/b7-6+/t23-,24-/m0/s1. The van der Waals surface area contributed by atoms with Crippen molar-refractivity contribution in [2.75, 3.05) is 23.7 Å². The van der Waals surface area contributed by atoms with E-state index >= 15 is 0 Å². The van der Waals surface area contributed by atoms with Crippen molar-refractivity contribution in [3.8, 4) is 0 Å². The molecule has 2 heterocycles. The Morgan fingerprint density at radius 1 is 0.848 bits per heavy atom. The summed E-state index contributed by atoms with van der Waals surface area (Å²) in [6.45, 7) is 2.63. The number of anilines is 2. The average Bonchev–Trinajstić information content (AvgIpc) is 3.52. The first-order chi connectivity index (χ1) is 16.0. The topological polar surface area (TPSA) is 90.5 Å². The molecule has 7 nitrogen and oxygen atoms in total. The van der Waals surface area contributed by atoms with Crippen molar-refractivity contribution >= 4 is 41.2 Å². The van der Waals surface area contributed by atoms with Crippen molar-refractivity contribution in [1.82, 2.24) is 10.2 Å². The van der Waals surface area contributed by atoms with Gasteiger partial charge in [0.05, 0.1) is 0 Å². The number of hydrogen-bond acceptors (Lipinski definition) is 4. The Kier molecular flexibility index (Phi) is 6.80. The van der Waals surface area contributed by atoms with Crippen LogP contribution in [0.2, 0.25) is 0 Å². The lowest BCUT2D eigenvalue weighted by molar-refractivity contribution is -0.134. The number of nitrogens with zero attached hydrogens (tertiary/aromatic N) is 1. The van der Waals surface area contributed by atoms with Crippen molar-refractivity contribution in [2.45, 2.75) is 19.0 Å². The third-order valence-corrected chi connectivity index (χ3v) is 5.52. The first-order valence-electron chi connectivity index (χ1n) is 10.8. The summed E-state index contributed by atoms with van der Waals surface area (Å²) in [5, 5.41) is 8.84. The fourth-order valence-corrected chi connectivity index (χ4v) is 3.71. The van der Waals surface area contributed by atoms with Crippen LogP contribution in [0, 0.1) is 0 Å². The van der Waals surface area contributed by atoms with E-state index in [0.717, 1.165) is 16.8 Å². The SMILES string of the molecule is CC(=O)N1CC=C[C@H]1C(=O)Nc1ccc(/C=C/c2ccc(NC(=O)[C@@H]3C=CCN3)cc2)cc1. The number of hydrogen-bond donors (Lipinski definition) is 3. The molecule has 0 spiro atoms. The third kappa shape index (κ3) is 5.64. The van der Waals surface area contributed by atoms with E-state index in [1.807, 2.05) is 78.9 Å². The second-order valence-corrected chi connectivity index (χ2v) is 7.91. The molecular weight excluding hydrogens is 416 g/mol. The molecule has 168 valence electrons. The van der Waals surface area contributed by atoms with E-state index in [2.05, 4.69) is 16.0 Å². The van der Waals surface area contributed by atoms with Crippen LogP contribution < -0.4 is 16.0 Å². The first kappa shape index (κ1) is 22.2. The lowest BCUT2D eigenvalue weighted by Crippen LogP contribution is -2.42. The average molecular weight is 443 g/mol. The fraction of sp³-hybridized carbons (Fsp3) is 0.192.